The van der Waals surface area contributed by atoms with Crippen LogP contribution < -0.4 is 0 Å². The molecule has 4 saturated carbocycles. The van der Waals surface area contributed by atoms with E-state index < -0.39 is 0 Å². The van der Waals surface area contributed by atoms with Crippen molar-refractivity contribution in [3.63, 3.8) is 0 Å². The lowest BCUT2D eigenvalue weighted by atomic mass is 9.44. The largest absolute Gasteiger partial charge is 0.300 e. The minimum absolute atomic E-state index is 0.471. The first kappa shape index (κ1) is 20.9. The number of fused-ring (bicyclic) bond motifs is 5. The third kappa shape index (κ3) is 3.41. The predicted octanol–water partition coefficient (Wildman–Crippen LogP) is 7.68. The van der Waals surface area contributed by atoms with Gasteiger partial charge in [0.05, 0.1) is 0 Å². The third-order valence-electron chi connectivity index (χ3n) is 10.7. The molecule has 1 heteroatoms. The van der Waals surface area contributed by atoms with Crippen molar-refractivity contribution in [2.24, 2.45) is 52.3 Å². The summed E-state index contributed by atoms with van der Waals surface area (Å²) in [6.07, 6.45) is 15.9. The molecule has 0 heterocycles. The molecule has 4 fully saturated rings. The summed E-state index contributed by atoms with van der Waals surface area (Å²) in [6.45, 7) is 12.6. The molecule has 4 aliphatic rings. The van der Waals surface area contributed by atoms with Crippen LogP contribution in [0, 0.1) is 52.3 Å². The molecule has 0 spiro atoms. The molecule has 0 saturated heterocycles. The number of hydrogen-bond acceptors (Lipinski definition) is 1. The Bertz CT molecular complexity index is 579. The Morgan fingerprint density at radius 1 is 0.893 bits per heavy atom. The van der Waals surface area contributed by atoms with Crippen molar-refractivity contribution < 1.29 is 4.79 Å². The Balaban J connectivity index is 1.47. The molecule has 1 nitrogen and oxygen atoms in total. The van der Waals surface area contributed by atoms with E-state index >= 15 is 0 Å². The van der Waals surface area contributed by atoms with E-state index in [1.807, 2.05) is 0 Å². The van der Waals surface area contributed by atoms with Crippen molar-refractivity contribution in [3.05, 3.63) is 0 Å². The van der Waals surface area contributed by atoms with Gasteiger partial charge in [-0.25, -0.2) is 0 Å². The zero-order valence-corrected chi connectivity index (χ0v) is 19.4. The first-order valence-corrected chi connectivity index (χ1v) is 12.8. The van der Waals surface area contributed by atoms with Crippen LogP contribution in [0.1, 0.15) is 112 Å². The van der Waals surface area contributed by atoms with Gasteiger partial charge < -0.3 is 0 Å². The Hall–Kier alpha value is -0.330. The van der Waals surface area contributed by atoms with Crippen LogP contribution in [0.15, 0.2) is 0 Å². The fourth-order valence-corrected chi connectivity index (χ4v) is 9.07. The third-order valence-corrected chi connectivity index (χ3v) is 10.7. The fourth-order valence-electron chi connectivity index (χ4n) is 9.07. The first-order valence-electron chi connectivity index (χ1n) is 12.8. The van der Waals surface area contributed by atoms with Gasteiger partial charge in [-0.2, -0.15) is 0 Å². The SMILES string of the molecule is CC(C)CCC[C@H](C)[C@H]1CC[C@H]2[C@@H]3CC[C@H]4CC(=O)CC[C@]4(C)[C@@H]3CC[C@]12C. The molecule has 0 radical (unpaired) electrons. The van der Waals surface area contributed by atoms with Crippen LogP contribution >= 0.6 is 0 Å². The normalized spacial score (nSPS) is 46.8. The van der Waals surface area contributed by atoms with Gasteiger partial charge in [0.15, 0.2) is 0 Å². The summed E-state index contributed by atoms with van der Waals surface area (Å²) >= 11 is 0. The van der Waals surface area contributed by atoms with Gasteiger partial charge in [0.1, 0.15) is 5.78 Å². The fraction of sp³-hybridized carbons (Fsp3) is 0.963. The molecule has 0 aromatic rings. The molecule has 28 heavy (non-hydrogen) atoms. The molecule has 0 aliphatic heterocycles. The maximum Gasteiger partial charge on any atom is 0.133 e. The molecule has 0 unspecified atom stereocenters. The highest BCUT2D eigenvalue weighted by atomic mass is 16.1. The van der Waals surface area contributed by atoms with E-state index in [1.165, 1.54) is 64.2 Å². The lowest BCUT2D eigenvalue weighted by Crippen LogP contribution is -2.53. The van der Waals surface area contributed by atoms with Crippen LogP contribution in [0.2, 0.25) is 0 Å². The maximum absolute atomic E-state index is 12.1. The smallest absolute Gasteiger partial charge is 0.133 e. The van der Waals surface area contributed by atoms with Crippen molar-refractivity contribution >= 4 is 5.78 Å². The number of rotatable bonds is 5. The monoisotopic (exact) mass is 386 g/mol. The summed E-state index contributed by atoms with van der Waals surface area (Å²) < 4.78 is 0. The average molecular weight is 387 g/mol. The van der Waals surface area contributed by atoms with Gasteiger partial charge in [-0.1, -0.05) is 53.9 Å². The second kappa shape index (κ2) is 7.73. The molecule has 8 atom stereocenters. The molecule has 0 N–H and O–H groups in total. The molecule has 4 rings (SSSR count). The summed E-state index contributed by atoms with van der Waals surface area (Å²) in [6, 6.07) is 0. The van der Waals surface area contributed by atoms with Crippen molar-refractivity contribution in [3.8, 4) is 0 Å². The highest BCUT2D eigenvalue weighted by molar-refractivity contribution is 5.79. The van der Waals surface area contributed by atoms with Crippen LogP contribution in [0.4, 0.5) is 0 Å². The van der Waals surface area contributed by atoms with Gasteiger partial charge in [0, 0.05) is 12.8 Å². The minimum Gasteiger partial charge on any atom is -0.300 e. The first-order chi connectivity index (χ1) is 13.3. The van der Waals surface area contributed by atoms with Gasteiger partial charge in [-0.05, 0) is 97.2 Å². The Labute approximate surface area is 174 Å². The maximum atomic E-state index is 12.1. The Morgan fingerprint density at radius 2 is 1.64 bits per heavy atom. The Morgan fingerprint density at radius 3 is 2.39 bits per heavy atom. The molecule has 4 aliphatic carbocycles. The molecule has 0 aromatic heterocycles. The number of ketones is 1. The number of hydrogen-bond donors (Lipinski definition) is 0. The molecule has 0 aromatic carbocycles. The highest BCUT2D eigenvalue weighted by Crippen LogP contribution is 2.68. The van der Waals surface area contributed by atoms with Crippen molar-refractivity contribution in [2.75, 3.05) is 0 Å². The number of carbonyl (C=O) groups excluding carboxylic acids is 1. The molecular weight excluding hydrogens is 340 g/mol. The number of Topliss-reactive ketones (excluding diaryl/α,β-unsaturated/α-hetero) is 1. The zero-order chi connectivity index (χ0) is 20.1. The van der Waals surface area contributed by atoms with Gasteiger partial charge in [-0.3, -0.25) is 4.79 Å². The van der Waals surface area contributed by atoms with E-state index in [4.69, 9.17) is 0 Å². The second-order valence-corrected chi connectivity index (χ2v) is 12.4. The molecule has 160 valence electrons. The van der Waals surface area contributed by atoms with Crippen molar-refractivity contribution in [1.29, 1.82) is 0 Å². The Kier molecular flexibility index (Phi) is 5.78. The van der Waals surface area contributed by atoms with Gasteiger partial charge in [0.25, 0.3) is 0 Å². The van der Waals surface area contributed by atoms with E-state index in [1.54, 1.807) is 0 Å². The molecular formula is C27H46O. The van der Waals surface area contributed by atoms with E-state index in [0.29, 0.717) is 22.5 Å². The second-order valence-electron chi connectivity index (χ2n) is 12.4. The molecule has 0 amide bonds. The minimum atomic E-state index is 0.471. The summed E-state index contributed by atoms with van der Waals surface area (Å²) in [5.41, 5.74) is 1.07. The lowest BCUT2D eigenvalue weighted by Gasteiger charge is -2.60. The van der Waals surface area contributed by atoms with Crippen LogP contribution in [0.25, 0.3) is 0 Å². The topological polar surface area (TPSA) is 17.1 Å². The zero-order valence-electron chi connectivity index (χ0n) is 19.4. The van der Waals surface area contributed by atoms with Crippen LogP contribution in [0.3, 0.4) is 0 Å². The quantitative estimate of drug-likeness (QED) is 0.473. The predicted molar refractivity (Wildman–Crippen MR) is 118 cm³/mol. The highest BCUT2D eigenvalue weighted by Gasteiger charge is 2.60. The number of carbonyl (C=O) groups is 1. The summed E-state index contributed by atoms with van der Waals surface area (Å²) in [4.78, 5) is 12.1. The van der Waals surface area contributed by atoms with E-state index in [9.17, 15) is 4.79 Å². The lowest BCUT2D eigenvalue weighted by molar-refractivity contribution is -0.140. The van der Waals surface area contributed by atoms with E-state index in [0.717, 1.165) is 48.3 Å². The van der Waals surface area contributed by atoms with Gasteiger partial charge in [0.2, 0.25) is 0 Å². The average Bonchev–Trinajstić information content (AvgIpc) is 2.99. The summed E-state index contributed by atoms with van der Waals surface area (Å²) in [7, 11) is 0. The van der Waals surface area contributed by atoms with Gasteiger partial charge in [-0.15, -0.1) is 0 Å². The van der Waals surface area contributed by atoms with E-state index in [2.05, 4.69) is 34.6 Å². The van der Waals surface area contributed by atoms with Crippen molar-refractivity contribution in [1.82, 2.24) is 0 Å². The standard InChI is InChI=1S/C27H46O/c1-18(2)7-6-8-19(3)23-11-12-24-22-10-9-20-17-21(28)13-15-26(20,4)25(22)14-16-27(23,24)5/h18-20,22-25H,6-17H2,1-5H3/t19-,20-,22-,23+,24-,25+,26-,27+/m0/s1. The summed E-state index contributed by atoms with van der Waals surface area (Å²) in [5.74, 6) is 6.82. The molecule has 0 bridgehead atoms. The van der Waals surface area contributed by atoms with Crippen LogP contribution in [-0.2, 0) is 4.79 Å². The van der Waals surface area contributed by atoms with Crippen LogP contribution in [-0.4, -0.2) is 5.78 Å². The van der Waals surface area contributed by atoms with Crippen LogP contribution in [0.5, 0.6) is 0 Å². The van der Waals surface area contributed by atoms with Crippen molar-refractivity contribution in [2.45, 2.75) is 112 Å². The summed E-state index contributed by atoms with van der Waals surface area (Å²) in [5, 5.41) is 0. The van der Waals surface area contributed by atoms with E-state index in [-0.39, 0.29) is 0 Å². The van der Waals surface area contributed by atoms with Gasteiger partial charge >= 0.3 is 0 Å².